The van der Waals surface area contributed by atoms with Crippen LogP contribution in [0.25, 0.3) is 6.08 Å². The van der Waals surface area contributed by atoms with Gasteiger partial charge < -0.3 is 4.90 Å². The number of carbonyl (C=O) groups excluding carboxylic acids is 1. The lowest BCUT2D eigenvalue weighted by atomic mass is 10.1. The van der Waals surface area contributed by atoms with Crippen molar-refractivity contribution in [3.8, 4) is 0 Å². The maximum Gasteiger partial charge on any atom is 0.223 e. The van der Waals surface area contributed by atoms with Crippen molar-refractivity contribution >= 4 is 12.0 Å². The zero-order chi connectivity index (χ0) is 17.5. The molecule has 1 aliphatic heterocycles. The smallest absolute Gasteiger partial charge is 0.223 e. The Balaban J connectivity index is 1.64. The van der Waals surface area contributed by atoms with Crippen LogP contribution >= 0.6 is 0 Å². The third kappa shape index (κ3) is 5.05. The van der Waals surface area contributed by atoms with Crippen molar-refractivity contribution in [2.24, 2.45) is 7.05 Å². The molecule has 25 heavy (non-hydrogen) atoms. The number of benzene rings is 1. The van der Waals surface area contributed by atoms with E-state index in [0.29, 0.717) is 6.42 Å². The molecule has 1 atom stereocenters. The summed E-state index contributed by atoms with van der Waals surface area (Å²) in [6.07, 6.45) is 14.1. The van der Waals surface area contributed by atoms with Gasteiger partial charge in [-0.05, 0) is 30.4 Å². The van der Waals surface area contributed by atoms with Crippen LogP contribution in [0.2, 0.25) is 0 Å². The van der Waals surface area contributed by atoms with Crippen LogP contribution in [-0.4, -0.2) is 33.2 Å². The average Bonchev–Trinajstić information content (AvgIpc) is 2.91. The number of hydrogen-bond acceptors (Lipinski definition) is 2. The zero-order valence-corrected chi connectivity index (χ0v) is 15.0. The van der Waals surface area contributed by atoms with E-state index in [0.717, 1.165) is 31.4 Å². The van der Waals surface area contributed by atoms with Crippen molar-refractivity contribution in [3.05, 3.63) is 59.9 Å². The highest BCUT2D eigenvalue weighted by Gasteiger charge is 2.23. The van der Waals surface area contributed by atoms with Gasteiger partial charge in [0, 0.05) is 26.2 Å². The molecule has 1 fully saturated rings. The van der Waals surface area contributed by atoms with Crippen LogP contribution in [0.15, 0.2) is 48.8 Å². The van der Waals surface area contributed by atoms with Gasteiger partial charge in [0.15, 0.2) is 0 Å². The van der Waals surface area contributed by atoms with Crippen LogP contribution in [0.1, 0.15) is 43.2 Å². The van der Waals surface area contributed by atoms with Gasteiger partial charge in [0.1, 0.15) is 0 Å². The maximum atomic E-state index is 12.8. The molecule has 1 saturated heterocycles. The molecule has 1 aromatic heterocycles. The molecular weight excluding hydrogens is 310 g/mol. The van der Waals surface area contributed by atoms with Crippen LogP contribution in [-0.2, 0) is 18.3 Å². The summed E-state index contributed by atoms with van der Waals surface area (Å²) >= 11 is 0. The highest BCUT2D eigenvalue weighted by Crippen LogP contribution is 2.20. The normalized spacial score (nSPS) is 18.4. The molecule has 1 unspecified atom stereocenters. The standard InChI is InChI=1S/C21H27N3O/c1-23-17-19(16-22-23)12-14-21(25)24-15-7-3-6-10-20(24)13-11-18-8-4-2-5-9-18/h2,4-5,8-9,11,13,16-17,20H,3,6-7,10,12,14-15H2,1H3. The van der Waals surface area contributed by atoms with Gasteiger partial charge in [-0.25, -0.2) is 0 Å². The molecule has 2 heterocycles. The van der Waals surface area contributed by atoms with Crippen LogP contribution in [0.3, 0.4) is 0 Å². The van der Waals surface area contributed by atoms with Crippen LogP contribution in [0.5, 0.6) is 0 Å². The number of carbonyl (C=O) groups is 1. The predicted octanol–water partition coefficient (Wildman–Crippen LogP) is 3.84. The summed E-state index contributed by atoms with van der Waals surface area (Å²) < 4.78 is 1.79. The van der Waals surface area contributed by atoms with E-state index in [-0.39, 0.29) is 11.9 Å². The number of nitrogens with zero attached hydrogens (tertiary/aromatic N) is 3. The third-order valence-electron chi connectivity index (χ3n) is 4.82. The van der Waals surface area contributed by atoms with Gasteiger partial charge in [-0.15, -0.1) is 0 Å². The summed E-state index contributed by atoms with van der Waals surface area (Å²) in [5, 5.41) is 4.18. The third-order valence-corrected chi connectivity index (χ3v) is 4.82. The second-order valence-electron chi connectivity index (χ2n) is 6.80. The number of rotatable bonds is 5. The molecule has 132 valence electrons. The van der Waals surface area contributed by atoms with Gasteiger partial charge in [0.05, 0.1) is 12.2 Å². The number of likely N-dealkylation sites (tertiary alicyclic amines) is 1. The maximum absolute atomic E-state index is 12.8. The van der Waals surface area contributed by atoms with Gasteiger partial charge in [-0.3, -0.25) is 9.48 Å². The van der Waals surface area contributed by atoms with Crippen LogP contribution < -0.4 is 0 Å². The zero-order valence-electron chi connectivity index (χ0n) is 15.0. The first-order valence-electron chi connectivity index (χ1n) is 9.22. The van der Waals surface area contributed by atoms with Gasteiger partial charge >= 0.3 is 0 Å². The molecule has 0 N–H and O–H groups in total. The summed E-state index contributed by atoms with van der Waals surface area (Å²) in [5.41, 5.74) is 2.32. The summed E-state index contributed by atoms with van der Waals surface area (Å²) in [6, 6.07) is 10.5. The van der Waals surface area contributed by atoms with Crippen LogP contribution in [0, 0.1) is 0 Å². The summed E-state index contributed by atoms with van der Waals surface area (Å²) in [6.45, 7) is 0.871. The van der Waals surface area contributed by atoms with Crippen molar-refractivity contribution in [1.82, 2.24) is 14.7 Å². The quantitative estimate of drug-likeness (QED) is 0.831. The lowest BCUT2D eigenvalue weighted by molar-refractivity contribution is -0.132. The summed E-state index contributed by atoms with van der Waals surface area (Å²) in [5.74, 6) is 0.258. The molecule has 4 heteroatoms. The molecule has 0 saturated carbocycles. The summed E-state index contributed by atoms with van der Waals surface area (Å²) in [4.78, 5) is 14.9. The van der Waals surface area contributed by atoms with Gasteiger partial charge in [0.25, 0.3) is 0 Å². The number of aromatic nitrogens is 2. The Morgan fingerprint density at radius 2 is 2.08 bits per heavy atom. The molecule has 1 aromatic carbocycles. The molecule has 0 radical (unpaired) electrons. The van der Waals surface area contributed by atoms with E-state index in [1.807, 2.05) is 37.6 Å². The first kappa shape index (κ1) is 17.5. The fourth-order valence-electron chi connectivity index (χ4n) is 3.43. The Morgan fingerprint density at radius 1 is 1.24 bits per heavy atom. The largest absolute Gasteiger partial charge is 0.336 e. The molecule has 0 spiro atoms. The van der Waals surface area contributed by atoms with Crippen molar-refractivity contribution in [2.75, 3.05) is 6.54 Å². The number of hydrogen-bond donors (Lipinski definition) is 0. The van der Waals surface area contributed by atoms with Gasteiger partial charge in [-0.1, -0.05) is 55.3 Å². The van der Waals surface area contributed by atoms with Crippen LogP contribution in [0.4, 0.5) is 0 Å². The minimum absolute atomic E-state index is 0.212. The average molecular weight is 337 g/mol. The van der Waals surface area contributed by atoms with Gasteiger partial charge in [-0.2, -0.15) is 5.10 Å². The second kappa shape index (κ2) is 8.65. The van der Waals surface area contributed by atoms with E-state index >= 15 is 0 Å². The van der Waals surface area contributed by atoms with E-state index in [2.05, 4.69) is 34.3 Å². The Kier molecular flexibility index (Phi) is 6.04. The SMILES string of the molecule is Cn1cc(CCC(=O)N2CCCCCC2C=Cc2ccccc2)cn1. The van der Waals surface area contributed by atoms with E-state index in [1.54, 1.807) is 4.68 Å². The van der Waals surface area contributed by atoms with E-state index < -0.39 is 0 Å². The number of amides is 1. The Labute approximate surface area is 150 Å². The molecule has 0 bridgehead atoms. The number of aryl methyl sites for hydroxylation is 2. The monoisotopic (exact) mass is 337 g/mol. The molecule has 1 aliphatic rings. The first-order chi connectivity index (χ1) is 12.2. The van der Waals surface area contributed by atoms with Crippen molar-refractivity contribution < 1.29 is 4.79 Å². The molecule has 0 aliphatic carbocycles. The highest BCUT2D eigenvalue weighted by molar-refractivity contribution is 5.77. The van der Waals surface area contributed by atoms with E-state index in [1.165, 1.54) is 18.4 Å². The Hall–Kier alpha value is -2.36. The molecular formula is C21H27N3O. The molecule has 2 aromatic rings. The predicted molar refractivity (Wildman–Crippen MR) is 101 cm³/mol. The lowest BCUT2D eigenvalue weighted by Gasteiger charge is -2.28. The Bertz CT molecular complexity index is 705. The highest BCUT2D eigenvalue weighted by atomic mass is 16.2. The minimum atomic E-state index is 0.212. The van der Waals surface area contributed by atoms with E-state index in [9.17, 15) is 4.79 Å². The van der Waals surface area contributed by atoms with E-state index in [4.69, 9.17) is 0 Å². The molecule has 3 rings (SSSR count). The summed E-state index contributed by atoms with van der Waals surface area (Å²) in [7, 11) is 1.91. The molecule has 4 nitrogen and oxygen atoms in total. The Morgan fingerprint density at radius 3 is 2.84 bits per heavy atom. The second-order valence-corrected chi connectivity index (χ2v) is 6.80. The van der Waals surface area contributed by atoms with Crippen molar-refractivity contribution in [3.63, 3.8) is 0 Å². The fourth-order valence-corrected chi connectivity index (χ4v) is 3.43. The van der Waals surface area contributed by atoms with Gasteiger partial charge in [0.2, 0.25) is 5.91 Å². The minimum Gasteiger partial charge on any atom is -0.336 e. The topological polar surface area (TPSA) is 38.1 Å². The molecule has 1 amide bonds. The first-order valence-corrected chi connectivity index (χ1v) is 9.22. The van der Waals surface area contributed by atoms with Crippen molar-refractivity contribution in [1.29, 1.82) is 0 Å². The lowest BCUT2D eigenvalue weighted by Crippen LogP contribution is -2.39. The van der Waals surface area contributed by atoms with Crippen molar-refractivity contribution in [2.45, 2.75) is 44.6 Å². The fraction of sp³-hybridized carbons (Fsp3) is 0.429.